The van der Waals surface area contributed by atoms with E-state index in [4.69, 9.17) is 19.9 Å². The van der Waals surface area contributed by atoms with Crippen LogP contribution in [0.2, 0.25) is 0 Å². The quantitative estimate of drug-likeness (QED) is 0.679. The second-order valence-electron chi connectivity index (χ2n) is 7.82. The number of benzene rings is 2. The molecule has 6 rings (SSSR count). The summed E-state index contributed by atoms with van der Waals surface area (Å²) >= 11 is 0. The lowest BCUT2D eigenvalue weighted by Gasteiger charge is -2.32. The zero-order valence-electron chi connectivity index (χ0n) is 16.2. The van der Waals surface area contributed by atoms with Gasteiger partial charge in [-0.3, -0.25) is 0 Å². The van der Waals surface area contributed by atoms with Gasteiger partial charge in [0, 0.05) is 17.3 Å². The van der Waals surface area contributed by atoms with Crippen molar-refractivity contribution < 1.29 is 19.3 Å². The Morgan fingerprint density at radius 3 is 2.60 bits per heavy atom. The first kappa shape index (κ1) is 17.4. The van der Waals surface area contributed by atoms with Crippen molar-refractivity contribution in [3.8, 4) is 17.2 Å². The number of rotatable bonds is 2. The molecule has 3 aliphatic heterocycles. The zero-order chi connectivity index (χ0) is 20.3. The Bertz CT molecular complexity index is 1150. The van der Waals surface area contributed by atoms with Gasteiger partial charge < -0.3 is 30.0 Å². The highest BCUT2D eigenvalue weighted by Gasteiger charge is 2.56. The SMILES string of the molecule is Nc1cccc(CN2c3ccccc3C3(COc4cc5c(cc43)OCCO5)C2O)n1. The van der Waals surface area contributed by atoms with Gasteiger partial charge in [-0.15, -0.1) is 0 Å². The van der Waals surface area contributed by atoms with E-state index < -0.39 is 11.6 Å². The van der Waals surface area contributed by atoms with Crippen LogP contribution in [0, 0.1) is 0 Å². The molecular formula is C23H21N3O4. The first-order valence-electron chi connectivity index (χ1n) is 9.99. The van der Waals surface area contributed by atoms with Crippen LogP contribution in [0.1, 0.15) is 16.8 Å². The van der Waals surface area contributed by atoms with Crippen molar-refractivity contribution in [3.63, 3.8) is 0 Å². The second kappa shape index (κ2) is 6.27. The molecule has 0 fully saturated rings. The third-order valence-electron chi connectivity index (χ3n) is 6.17. The number of aliphatic hydroxyl groups is 1. The molecule has 1 spiro atoms. The van der Waals surface area contributed by atoms with Gasteiger partial charge in [-0.25, -0.2) is 4.98 Å². The van der Waals surface area contributed by atoms with E-state index in [0.717, 1.165) is 28.3 Å². The Balaban J connectivity index is 1.48. The summed E-state index contributed by atoms with van der Waals surface area (Å²) in [4.78, 5) is 6.38. The number of nitrogens with zero attached hydrogens (tertiary/aromatic N) is 2. The Morgan fingerprint density at radius 2 is 1.77 bits per heavy atom. The van der Waals surface area contributed by atoms with Gasteiger partial charge >= 0.3 is 0 Å². The largest absolute Gasteiger partial charge is 0.492 e. The second-order valence-corrected chi connectivity index (χ2v) is 7.82. The fourth-order valence-corrected chi connectivity index (χ4v) is 4.81. The number of anilines is 2. The molecule has 3 aromatic rings. The molecule has 3 aliphatic rings. The summed E-state index contributed by atoms with van der Waals surface area (Å²) in [5.41, 5.74) is 8.84. The fourth-order valence-electron chi connectivity index (χ4n) is 4.81. The Kier molecular flexibility index (Phi) is 3.64. The normalized spacial score (nSPS) is 23.2. The van der Waals surface area contributed by atoms with E-state index in [9.17, 15) is 5.11 Å². The standard InChI is InChI=1S/C23H21N3O4/c24-21-7-3-4-14(25-21)12-26-17-6-2-1-5-15(17)23(22(26)27)13-30-18-11-20-19(10-16(18)23)28-8-9-29-20/h1-7,10-11,22,27H,8-9,12-13H2,(H2,24,25). The Labute approximate surface area is 173 Å². The third kappa shape index (κ3) is 2.32. The van der Waals surface area contributed by atoms with E-state index in [1.54, 1.807) is 6.07 Å². The molecule has 0 saturated heterocycles. The minimum absolute atomic E-state index is 0.338. The van der Waals surface area contributed by atoms with Crippen LogP contribution in [0.4, 0.5) is 11.5 Å². The molecule has 7 heteroatoms. The van der Waals surface area contributed by atoms with Crippen LogP contribution >= 0.6 is 0 Å². The molecule has 0 bridgehead atoms. The van der Waals surface area contributed by atoms with Crippen molar-refractivity contribution in [2.45, 2.75) is 18.2 Å². The van der Waals surface area contributed by atoms with Gasteiger partial charge in [0.05, 0.1) is 12.2 Å². The van der Waals surface area contributed by atoms with Gasteiger partial charge in [0.15, 0.2) is 11.5 Å². The fraction of sp³-hybridized carbons (Fsp3) is 0.261. The highest BCUT2D eigenvalue weighted by molar-refractivity contribution is 5.71. The molecule has 0 amide bonds. The van der Waals surface area contributed by atoms with Gasteiger partial charge in [-0.1, -0.05) is 24.3 Å². The molecule has 2 unspecified atom stereocenters. The number of nitrogens with two attached hydrogens (primary N) is 1. The number of pyridine rings is 1. The molecule has 0 saturated carbocycles. The minimum atomic E-state index is -0.832. The number of fused-ring (bicyclic) bond motifs is 5. The predicted octanol–water partition coefficient (Wildman–Crippen LogP) is 2.45. The monoisotopic (exact) mass is 403 g/mol. The summed E-state index contributed by atoms with van der Waals surface area (Å²) in [7, 11) is 0. The summed E-state index contributed by atoms with van der Waals surface area (Å²) in [5, 5.41) is 11.7. The van der Waals surface area contributed by atoms with Crippen molar-refractivity contribution in [3.05, 3.63) is 71.4 Å². The maximum absolute atomic E-state index is 11.7. The highest BCUT2D eigenvalue weighted by Crippen LogP contribution is 2.56. The van der Waals surface area contributed by atoms with Crippen LogP contribution < -0.4 is 24.8 Å². The van der Waals surface area contributed by atoms with Crippen LogP contribution in [0.25, 0.3) is 0 Å². The zero-order valence-corrected chi connectivity index (χ0v) is 16.2. The van der Waals surface area contributed by atoms with Crippen LogP contribution in [-0.4, -0.2) is 36.1 Å². The van der Waals surface area contributed by atoms with Crippen molar-refractivity contribution in [2.24, 2.45) is 0 Å². The molecule has 2 aromatic carbocycles. The maximum Gasteiger partial charge on any atom is 0.165 e. The summed E-state index contributed by atoms with van der Waals surface area (Å²) in [6.07, 6.45) is -0.832. The first-order valence-corrected chi connectivity index (χ1v) is 9.99. The molecule has 7 nitrogen and oxygen atoms in total. The van der Waals surface area contributed by atoms with Gasteiger partial charge in [-0.05, 0) is 29.8 Å². The van der Waals surface area contributed by atoms with Crippen molar-refractivity contribution >= 4 is 11.5 Å². The van der Waals surface area contributed by atoms with Crippen molar-refractivity contribution in [2.75, 3.05) is 30.5 Å². The molecule has 2 atom stereocenters. The van der Waals surface area contributed by atoms with Crippen LogP contribution in [0.3, 0.4) is 0 Å². The smallest absolute Gasteiger partial charge is 0.165 e. The lowest BCUT2D eigenvalue weighted by atomic mass is 9.76. The minimum Gasteiger partial charge on any atom is -0.492 e. The predicted molar refractivity (Wildman–Crippen MR) is 111 cm³/mol. The van der Waals surface area contributed by atoms with Crippen LogP contribution in [-0.2, 0) is 12.0 Å². The molecule has 0 radical (unpaired) electrons. The van der Waals surface area contributed by atoms with E-state index in [1.807, 2.05) is 47.4 Å². The average molecular weight is 403 g/mol. The molecule has 1 aromatic heterocycles. The van der Waals surface area contributed by atoms with Crippen molar-refractivity contribution in [1.82, 2.24) is 4.98 Å². The van der Waals surface area contributed by atoms with Gasteiger partial charge in [0.1, 0.15) is 43.0 Å². The third-order valence-corrected chi connectivity index (χ3v) is 6.17. The molecule has 0 aliphatic carbocycles. The van der Waals surface area contributed by atoms with E-state index in [2.05, 4.69) is 11.1 Å². The number of nitrogen functional groups attached to an aromatic ring is 1. The van der Waals surface area contributed by atoms with Crippen LogP contribution in [0.5, 0.6) is 17.2 Å². The lowest BCUT2D eigenvalue weighted by Crippen LogP contribution is -2.46. The first-order chi connectivity index (χ1) is 14.7. The highest BCUT2D eigenvalue weighted by atomic mass is 16.6. The van der Waals surface area contributed by atoms with Crippen LogP contribution in [0.15, 0.2) is 54.6 Å². The number of aromatic nitrogens is 1. The van der Waals surface area contributed by atoms with Crippen molar-refractivity contribution in [1.29, 1.82) is 0 Å². The summed E-state index contributed by atoms with van der Waals surface area (Å²) in [6.45, 7) is 1.80. The summed E-state index contributed by atoms with van der Waals surface area (Å²) in [5.74, 6) is 2.55. The molecule has 30 heavy (non-hydrogen) atoms. The van der Waals surface area contributed by atoms with E-state index in [-0.39, 0.29) is 0 Å². The average Bonchev–Trinajstić information content (AvgIpc) is 3.25. The van der Waals surface area contributed by atoms with Gasteiger partial charge in [0.25, 0.3) is 0 Å². The molecule has 152 valence electrons. The number of para-hydroxylation sites is 1. The molecular weight excluding hydrogens is 382 g/mol. The van der Waals surface area contributed by atoms with E-state index in [0.29, 0.717) is 43.7 Å². The number of aliphatic hydroxyl groups excluding tert-OH is 1. The number of hydrogen-bond donors (Lipinski definition) is 2. The molecule has 4 heterocycles. The van der Waals surface area contributed by atoms with Gasteiger partial charge in [0.2, 0.25) is 0 Å². The topological polar surface area (TPSA) is 90.1 Å². The molecule has 3 N–H and O–H groups in total. The van der Waals surface area contributed by atoms with E-state index in [1.165, 1.54) is 0 Å². The Morgan fingerprint density at radius 1 is 0.967 bits per heavy atom. The number of ether oxygens (including phenoxy) is 3. The Hall–Kier alpha value is -3.45. The maximum atomic E-state index is 11.7. The summed E-state index contributed by atoms with van der Waals surface area (Å²) in [6, 6.07) is 17.4. The summed E-state index contributed by atoms with van der Waals surface area (Å²) < 4.78 is 17.6. The van der Waals surface area contributed by atoms with E-state index >= 15 is 0 Å². The van der Waals surface area contributed by atoms with Gasteiger partial charge in [-0.2, -0.15) is 0 Å². The number of hydrogen-bond acceptors (Lipinski definition) is 7. The lowest BCUT2D eigenvalue weighted by molar-refractivity contribution is 0.0940.